The molecule has 2 heterocycles. The molecule has 1 fully saturated rings. The summed E-state index contributed by atoms with van der Waals surface area (Å²) in [5, 5.41) is 0. The normalized spacial score (nSPS) is 18.0. The minimum atomic E-state index is -0.0224. The molecule has 1 aromatic rings. The molecular formula is C13H21N5OS. The monoisotopic (exact) mass is 295 g/mol. The Morgan fingerprint density at radius 1 is 1.45 bits per heavy atom. The molecule has 2 rings (SSSR count). The van der Waals surface area contributed by atoms with Gasteiger partial charge < -0.3 is 15.2 Å². The van der Waals surface area contributed by atoms with E-state index in [1.54, 1.807) is 17.0 Å². The number of rotatable bonds is 4. The molecule has 0 bridgehead atoms. The highest BCUT2D eigenvalue weighted by atomic mass is 32.1. The predicted molar refractivity (Wildman–Crippen MR) is 84.2 cm³/mol. The predicted octanol–water partition coefficient (Wildman–Crippen LogP) is 0.0598. The van der Waals surface area contributed by atoms with Gasteiger partial charge in [-0.2, -0.15) is 0 Å². The van der Waals surface area contributed by atoms with Gasteiger partial charge in [0.25, 0.3) is 5.56 Å². The molecule has 1 saturated heterocycles. The van der Waals surface area contributed by atoms with Crippen LogP contribution in [0.4, 0.5) is 5.82 Å². The van der Waals surface area contributed by atoms with Gasteiger partial charge in [0.1, 0.15) is 0 Å². The second kappa shape index (κ2) is 6.32. The summed E-state index contributed by atoms with van der Waals surface area (Å²) in [6.45, 7) is 7.83. The van der Waals surface area contributed by atoms with Gasteiger partial charge in [-0.25, -0.2) is 4.98 Å². The third-order valence-corrected chi connectivity index (χ3v) is 4.15. The Labute approximate surface area is 124 Å². The molecule has 0 saturated carbocycles. The van der Waals surface area contributed by atoms with Crippen LogP contribution in [0.1, 0.15) is 13.8 Å². The third-order valence-electron chi connectivity index (χ3n) is 3.81. The zero-order valence-electron chi connectivity index (χ0n) is 12.0. The highest BCUT2D eigenvalue weighted by Gasteiger charge is 2.24. The quantitative estimate of drug-likeness (QED) is 0.792. The fourth-order valence-corrected chi connectivity index (χ4v) is 2.55. The van der Waals surface area contributed by atoms with E-state index in [1.165, 1.54) is 0 Å². The van der Waals surface area contributed by atoms with Crippen molar-refractivity contribution in [3.05, 3.63) is 22.7 Å². The Hall–Kier alpha value is -1.47. The van der Waals surface area contributed by atoms with Gasteiger partial charge in [0.2, 0.25) is 0 Å². The van der Waals surface area contributed by atoms with Gasteiger partial charge in [-0.15, -0.1) is 0 Å². The number of anilines is 1. The summed E-state index contributed by atoms with van der Waals surface area (Å²) >= 11 is 5.03. The van der Waals surface area contributed by atoms with Crippen LogP contribution in [0.3, 0.4) is 0 Å². The molecule has 2 N–H and O–H groups in total. The molecule has 1 aliphatic rings. The van der Waals surface area contributed by atoms with Crippen molar-refractivity contribution in [2.45, 2.75) is 26.4 Å². The van der Waals surface area contributed by atoms with Crippen LogP contribution in [0.2, 0.25) is 0 Å². The van der Waals surface area contributed by atoms with Crippen molar-refractivity contribution in [2.24, 2.45) is 5.73 Å². The SMILES string of the molecule is CCn1ccnc(N2CCN(C(C)C(N)=S)CC2)c1=O. The van der Waals surface area contributed by atoms with Crippen molar-refractivity contribution in [3.8, 4) is 0 Å². The number of aryl methyl sites for hydroxylation is 1. The molecule has 6 nitrogen and oxygen atoms in total. The van der Waals surface area contributed by atoms with Crippen LogP contribution in [0, 0.1) is 0 Å². The van der Waals surface area contributed by atoms with Crippen LogP contribution in [-0.4, -0.2) is 51.7 Å². The summed E-state index contributed by atoms with van der Waals surface area (Å²) in [5.74, 6) is 0.539. The van der Waals surface area contributed by atoms with Crippen molar-refractivity contribution in [2.75, 3.05) is 31.1 Å². The molecule has 1 unspecified atom stereocenters. The van der Waals surface area contributed by atoms with E-state index in [9.17, 15) is 4.79 Å². The van der Waals surface area contributed by atoms with Crippen LogP contribution in [0.15, 0.2) is 17.2 Å². The summed E-state index contributed by atoms with van der Waals surface area (Å²) in [7, 11) is 0. The van der Waals surface area contributed by atoms with Crippen LogP contribution < -0.4 is 16.2 Å². The lowest BCUT2D eigenvalue weighted by molar-refractivity contribution is 0.238. The van der Waals surface area contributed by atoms with Gasteiger partial charge in [-0.05, 0) is 13.8 Å². The standard InChI is InChI=1S/C13H21N5OS/c1-3-16-5-4-15-12(13(16)19)18-8-6-17(7-9-18)10(2)11(14)20/h4-5,10H,3,6-9H2,1-2H3,(H2,14,20). The zero-order chi connectivity index (χ0) is 14.7. The van der Waals surface area contributed by atoms with E-state index < -0.39 is 0 Å². The smallest absolute Gasteiger partial charge is 0.293 e. The van der Waals surface area contributed by atoms with E-state index in [1.807, 2.05) is 18.7 Å². The van der Waals surface area contributed by atoms with Gasteiger partial charge in [0.15, 0.2) is 5.82 Å². The lowest BCUT2D eigenvalue weighted by atomic mass is 10.2. The molecule has 20 heavy (non-hydrogen) atoms. The number of thiocarbonyl (C=S) groups is 1. The zero-order valence-corrected chi connectivity index (χ0v) is 12.8. The highest BCUT2D eigenvalue weighted by Crippen LogP contribution is 2.11. The Bertz CT molecular complexity index is 536. The Morgan fingerprint density at radius 3 is 2.65 bits per heavy atom. The van der Waals surface area contributed by atoms with Crippen molar-refractivity contribution < 1.29 is 0 Å². The summed E-state index contributed by atoms with van der Waals surface area (Å²) in [6.07, 6.45) is 3.40. The van der Waals surface area contributed by atoms with Crippen molar-refractivity contribution >= 4 is 23.0 Å². The highest BCUT2D eigenvalue weighted by molar-refractivity contribution is 7.80. The second-order valence-corrected chi connectivity index (χ2v) is 5.41. The van der Waals surface area contributed by atoms with Gasteiger partial charge in [0.05, 0.1) is 11.0 Å². The molecule has 0 aromatic carbocycles. The summed E-state index contributed by atoms with van der Waals surface area (Å²) in [5.41, 5.74) is 5.66. The third kappa shape index (κ3) is 2.99. The van der Waals surface area contributed by atoms with Crippen molar-refractivity contribution in [1.82, 2.24) is 14.5 Å². The lowest BCUT2D eigenvalue weighted by Crippen LogP contribution is -2.53. The number of nitrogens with two attached hydrogens (primary N) is 1. The minimum absolute atomic E-state index is 0.0224. The van der Waals surface area contributed by atoms with Crippen molar-refractivity contribution in [3.63, 3.8) is 0 Å². The fraction of sp³-hybridized carbons (Fsp3) is 0.615. The maximum atomic E-state index is 12.2. The molecule has 7 heteroatoms. The van der Waals surface area contributed by atoms with E-state index in [2.05, 4.69) is 9.88 Å². The Balaban J connectivity index is 2.08. The lowest BCUT2D eigenvalue weighted by Gasteiger charge is -2.37. The Kier molecular flexibility index (Phi) is 4.72. The van der Waals surface area contributed by atoms with Crippen LogP contribution in [0.5, 0.6) is 0 Å². The first-order valence-corrected chi connectivity index (χ1v) is 7.29. The molecule has 1 aromatic heterocycles. The van der Waals surface area contributed by atoms with Gasteiger partial charge in [-0.1, -0.05) is 12.2 Å². The van der Waals surface area contributed by atoms with Crippen LogP contribution in [-0.2, 0) is 6.54 Å². The van der Waals surface area contributed by atoms with Gasteiger partial charge >= 0.3 is 0 Å². The van der Waals surface area contributed by atoms with Gasteiger partial charge in [0, 0.05) is 45.1 Å². The molecular weight excluding hydrogens is 274 g/mol. The first kappa shape index (κ1) is 14.9. The molecule has 0 aliphatic carbocycles. The minimum Gasteiger partial charge on any atom is -0.392 e. The number of piperazine rings is 1. The largest absolute Gasteiger partial charge is 0.392 e. The van der Waals surface area contributed by atoms with E-state index >= 15 is 0 Å². The number of hydrogen-bond acceptors (Lipinski definition) is 5. The second-order valence-electron chi connectivity index (χ2n) is 4.94. The number of nitrogens with zero attached hydrogens (tertiary/aromatic N) is 4. The summed E-state index contributed by atoms with van der Waals surface area (Å²) in [4.78, 5) is 21.3. The average Bonchev–Trinajstić information content (AvgIpc) is 2.47. The first-order valence-electron chi connectivity index (χ1n) is 6.88. The van der Waals surface area contributed by atoms with E-state index in [4.69, 9.17) is 18.0 Å². The van der Waals surface area contributed by atoms with E-state index in [-0.39, 0.29) is 11.6 Å². The Morgan fingerprint density at radius 2 is 2.10 bits per heavy atom. The van der Waals surface area contributed by atoms with Crippen molar-refractivity contribution in [1.29, 1.82) is 0 Å². The number of hydrogen-bond donors (Lipinski definition) is 1. The average molecular weight is 295 g/mol. The first-order chi connectivity index (χ1) is 9.54. The summed E-state index contributed by atoms with van der Waals surface area (Å²) < 4.78 is 1.67. The molecule has 0 spiro atoms. The topological polar surface area (TPSA) is 67.4 Å². The molecule has 0 radical (unpaired) electrons. The molecule has 1 atom stereocenters. The summed E-state index contributed by atoms with van der Waals surface area (Å²) in [6, 6.07) is 0.100. The number of aromatic nitrogens is 2. The van der Waals surface area contributed by atoms with E-state index in [0.29, 0.717) is 17.4 Å². The van der Waals surface area contributed by atoms with Gasteiger partial charge in [-0.3, -0.25) is 9.69 Å². The van der Waals surface area contributed by atoms with Crippen LogP contribution in [0.25, 0.3) is 0 Å². The maximum absolute atomic E-state index is 12.2. The van der Waals surface area contributed by atoms with E-state index in [0.717, 1.165) is 26.2 Å². The molecule has 110 valence electrons. The fourth-order valence-electron chi connectivity index (χ4n) is 2.40. The molecule has 0 amide bonds. The van der Waals surface area contributed by atoms with Crippen LogP contribution >= 0.6 is 12.2 Å². The maximum Gasteiger partial charge on any atom is 0.293 e. The molecule has 1 aliphatic heterocycles.